The minimum atomic E-state index is -4.59. The van der Waals surface area contributed by atoms with Crippen molar-refractivity contribution in [2.75, 3.05) is 0 Å². The zero-order valence-electron chi connectivity index (χ0n) is 20.7. The van der Waals surface area contributed by atoms with Crippen LogP contribution in [0.4, 0.5) is 13.2 Å². The van der Waals surface area contributed by atoms with Crippen molar-refractivity contribution in [1.82, 2.24) is 5.32 Å². The first kappa shape index (κ1) is 29.3. The highest BCUT2D eigenvalue weighted by Crippen LogP contribution is 2.31. The summed E-state index contributed by atoms with van der Waals surface area (Å²) in [7, 11) is 0. The van der Waals surface area contributed by atoms with Gasteiger partial charge in [0.1, 0.15) is 6.23 Å². The van der Waals surface area contributed by atoms with Crippen molar-refractivity contribution in [2.45, 2.75) is 43.8 Å². The van der Waals surface area contributed by atoms with E-state index in [4.69, 9.17) is 4.74 Å². The summed E-state index contributed by atoms with van der Waals surface area (Å²) < 4.78 is 45.2. The summed E-state index contributed by atoms with van der Waals surface area (Å²) in [6.07, 6.45) is -5.89. The molecule has 2 atom stereocenters. The topological polar surface area (TPSA) is 133 Å². The molecule has 206 valence electrons. The predicted molar refractivity (Wildman–Crippen MR) is 136 cm³/mol. The van der Waals surface area contributed by atoms with Gasteiger partial charge in [-0.3, -0.25) is 14.9 Å². The molecular formula is C28H26F3NO7. The van der Waals surface area contributed by atoms with Crippen molar-refractivity contribution in [3.63, 3.8) is 0 Å². The molecule has 0 aliphatic rings. The Hall–Kier alpha value is -4.22. The average molecular weight is 546 g/mol. The van der Waals surface area contributed by atoms with Crippen LogP contribution < -0.4 is 5.32 Å². The third kappa shape index (κ3) is 7.65. The van der Waals surface area contributed by atoms with E-state index in [0.717, 1.165) is 28.5 Å². The van der Waals surface area contributed by atoms with Gasteiger partial charge >= 0.3 is 24.1 Å². The molecule has 11 heteroatoms. The van der Waals surface area contributed by atoms with E-state index in [1.165, 1.54) is 24.3 Å². The molecular weight excluding hydrogens is 519 g/mol. The fourth-order valence-electron chi connectivity index (χ4n) is 4.19. The van der Waals surface area contributed by atoms with Crippen molar-refractivity contribution >= 4 is 34.8 Å². The Kier molecular flexibility index (Phi) is 9.10. The molecule has 0 amide bonds. The number of halogens is 3. The maximum atomic E-state index is 13.2. The number of benzene rings is 3. The molecule has 3 aromatic carbocycles. The quantitative estimate of drug-likeness (QED) is 0.224. The van der Waals surface area contributed by atoms with Gasteiger partial charge in [0.25, 0.3) is 0 Å². The highest BCUT2D eigenvalue weighted by atomic mass is 19.4. The fraction of sp³-hybridized carbons (Fsp3) is 0.250. The van der Waals surface area contributed by atoms with Crippen LogP contribution in [0.1, 0.15) is 42.5 Å². The lowest BCUT2D eigenvalue weighted by Gasteiger charge is -2.32. The second-order valence-corrected chi connectivity index (χ2v) is 8.92. The minimum absolute atomic E-state index is 0.107. The van der Waals surface area contributed by atoms with Crippen LogP contribution in [0.2, 0.25) is 0 Å². The maximum Gasteiger partial charge on any atom is 0.416 e. The van der Waals surface area contributed by atoms with Gasteiger partial charge < -0.3 is 20.1 Å². The molecule has 2 unspecified atom stereocenters. The van der Waals surface area contributed by atoms with Gasteiger partial charge in [-0.25, -0.2) is 4.79 Å². The lowest BCUT2D eigenvalue weighted by Crippen LogP contribution is -2.50. The number of alkyl halides is 3. The number of fused-ring (bicyclic) bond motifs is 1. The van der Waals surface area contributed by atoms with Crippen LogP contribution in [0.25, 0.3) is 16.8 Å². The standard InChI is InChI=1S/C28H26F3NO7/c1-17(21-11-5-8-19-7-2-3-10-22(19)21)32-23(13-12-18-6-4-9-20(14-18)28(29,30)31)39-27(26(37)38,15-24(33)34)16-25(35)36/h2-14,17,23,32H,15-16H2,1H3,(H,33,34)(H,35,36)(H,37,38). The monoisotopic (exact) mass is 545 g/mol. The molecule has 3 rings (SSSR count). The molecule has 0 aliphatic carbocycles. The molecule has 0 fully saturated rings. The van der Waals surface area contributed by atoms with Crippen molar-refractivity contribution in [1.29, 1.82) is 0 Å². The first-order chi connectivity index (χ1) is 18.3. The molecule has 0 saturated heterocycles. The van der Waals surface area contributed by atoms with Crippen LogP contribution in [0, 0.1) is 0 Å². The van der Waals surface area contributed by atoms with E-state index >= 15 is 0 Å². The van der Waals surface area contributed by atoms with Gasteiger partial charge in [-0.1, -0.05) is 60.7 Å². The zero-order valence-corrected chi connectivity index (χ0v) is 20.7. The molecule has 0 spiro atoms. The van der Waals surface area contributed by atoms with E-state index in [1.807, 2.05) is 36.4 Å². The average Bonchev–Trinajstić information content (AvgIpc) is 2.85. The van der Waals surface area contributed by atoms with E-state index in [0.29, 0.717) is 0 Å². The summed E-state index contributed by atoms with van der Waals surface area (Å²) in [4.78, 5) is 35.2. The minimum Gasteiger partial charge on any atom is -0.481 e. The van der Waals surface area contributed by atoms with E-state index in [9.17, 15) is 42.9 Å². The van der Waals surface area contributed by atoms with Crippen molar-refractivity contribution in [3.8, 4) is 0 Å². The molecule has 0 aliphatic heterocycles. The third-order valence-electron chi connectivity index (χ3n) is 6.00. The van der Waals surface area contributed by atoms with E-state index in [-0.39, 0.29) is 5.56 Å². The molecule has 0 bridgehead atoms. The molecule has 39 heavy (non-hydrogen) atoms. The van der Waals surface area contributed by atoms with Crippen molar-refractivity contribution in [2.24, 2.45) is 0 Å². The second kappa shape index (κ2) is 12.1. The normalized spacial score (nSPS) is 13.8. The molecule has 4 N–H and O–H groups in total. The summed E-state index contributed by atoms with van der Waals surface area (Å²) >= 11 is 0. The van der Waals surface area contributed by atoms with E-state index in [1.54, 1.807) is 13.0 Å². The number of nitrogens with one attached hydrogen (secondary N) is 1. The summed E-state index contributed by atoms with van der Waals surface area (Å²) in [6.45, 7) is 1.73. The predicted octanol–water partition coefficient (Wildman–Crippen LogP) is 5.34. The molecule has 3 aromatic rings. The van der Waals surface area contributed by atoms with Gasteiger partial charge in [0, 0.05) is 6.04 Å². The fourth-order valence-corrected chi connectivity index (χ4v) is 4.19. The van der Waals surface area contributed by atoms with Crippen LogP contribution in [-0.4, -0.2) is 45.1 Å². The Balaban J connectivity index is 2.03. The molecule has 0 saturated carbocycles. The smallest absolute Gasteiger partial charge is 0.416 e. The summed E-state index contributed by atoms with van der Waals surface area (Å²) in [5.74, 6) is -5.04. The Morgan fingerprint density at radius 2 is 1.54 bits per heavy atom. The number of rotatable bonds is 12. The van der Waals surface area contributed by atoms with E-state index in [2.05, 4.69) is 5.32 Å². The van der Waals surface area contributed by atoms with Gasteiger partial charge in [-0.05, 0) is 47.0 Å². The Morgan fingerprint density at radius 3 is 2.15 bits per heavy atom. The van der Waals surface area contributed by atoms with Gasteiger partial charge in [-0.15, -0.1) is 0 Å². The van der Waals surface area contributed by atoms with Crippen LogP contribution in [0.15, 0.2) is 72.8 Å². The third-order valence-corrected chi connectivity index (χ3v) is 6.00. The number of carboxylic acid groups (broad SMARTS) is 3. The zero-order chi connectivity index (χ0) is 28.8. The largest absolute Gasteiger partial charge is 0.481 e. The Morgan fingerprint density at radius 1 is 0.923 bits per heavy atom. The SMILES string of the molecule is CC(NC(C=Cc1cccc(C(F)(F)F)c1)OC(CC(=O)O)(CC(=O)O)C(=O)O)c1cccc2ccccc12. The van der Waals surface area contributed by atoms with Crippen molar-refractivity contribution in [3.05, 3.63) is 89.5 Å². The Labute approximate surface area is 221 Å². The number of hydrogen-bond donors (Lipinski definition) is 4. The summed E-state index contributed by atoms with van der Waals surface area (Å²) in [5.41, 5.74) is -2.70. The van der Waals surface area contributed by atoms with Gasteiger partial charge in [0.15, 0.2) is 5.60 Å². The van der Waals surface area contributed by atoms with Crippen molar-refractivity contribution < 1.29 is 47.6 Å². The lowest BCUT2D eigenvalue weighted by molar-refractivity contribution is -0.185. The number of carboxylic acids is 3. The summed E-state index contributed by atoms with van der Waals surface area (Å²) in [5, 5.41) is 33.3. The molecule has 0 radical (unpaired) electrons. The number of ether oxygens (including phenoxy) is 1. The molecule has 0 heterocycles. The van der Waals surface area contributed by atoms with Gasteiger partial charge in [-0.2, -0.15) is 13.2 Å². The van der Waals surface area contributed by atoms with Crippen LogP contribution >= 0.6 is 0 Å². The molecule has 0 aromatic heterocycles. The number of carbonyl (C=O) groups is 3. The lowest BCUT2D eigenvalue weighted by atomic mass is 9.95. The summed E-state index contributed by atoms with van der Waals surface area (Å²) in [6, 6.07) is 16.8. The van der Waals surface area contributed by atoms with Crippen LogP contribution in [-0.2, 0) is 25.3 Å². The van der Waals surface area contributed by atoms with Crippen LogP contribution in [0.3, 0.4) is 0 Å². The second-order valence-electron chi connectivity index (χ2n) is 8.92. The molecule has 8 nitrogen and oxygen atoms in total. The first-order valence-electron chi connectivity index (χ1n) is 11.7. The first-order valence-corrected chi connectivity index (χ1v) is 11.7. The highest BCUT2D eigenvalue weighted by molar-refractivity contribution is 5.88. The maximum absolute atomic E-state index is 13.2. The number of aliphatic carboxylic acids is 3. The van der Waals surface area contributed by atoms with Gasteiger partial charge in [0.05, 0.1) is 18.4 Å². The van der Waals surface area contributed by atoms with E-state index < -0.39 is 60.4 Å². The highest BCUT2D eigenvalue weighted by Gasteiger charge is 2.46. The van der Waals surface area contributed by atoms with Gasteiger partial charge in [0.2, 0.25) is 0 Å². The van der Waals surface area contributed by atoms with Crippen LogP contribution in [0.5, 0.6) is 0 Å². The Bertz CT molecular complexity index is 1370. The number of hydrogen-bond acceptors (Lipinski definition) is 5.